The van der Waals surface area contributed by atoms with Gasteiger partial charge in [-0.1, -0.05) is 25.5 Å². The van der Waals surface area contributed by atoms with Crippen molar-refractivity contribution in [2.24, 2.45) is 0 Å². The molecule has 140 valence electrons. The number of rotatable bonds is 10. The fraction of sp³-hybridized carbons (Fsp3) is 0.381. The monoisotopic (exact) mass is 373 g/mol. The minimum atomic E-state index is -0.170. The van der Waals surface area contributed by atoms with Crippen LogP contribution in [0.5, 0.6) is 11.5 Å². The standard InChI is InChI=1S/C21H27NO3S/c1-4-5-17-6-8-19(9-7-17)25-15-14-22-21(23)16(2)26-20-12-10-18(24-3)11-13-20/h6-13,16H,4-5,14-15H2,1-3H3,(H,22,23)/t16-/m0/s1. The first-order valence-electron chi connectivity index (χ1n) is 8.92. The van der Waals surface area contributed by atoms with Gasteiger partial charge in [-0.2, -0.15) is 0 Å². The Hall–Kier alpha value is -2.14. The molecule has 0 bridgehead atoms. The number of aryl methyl sites for hydroxylation is 1. The Bertz CT molecular complexity index is 671. The number of thioether (sulfide) groups is 1. The van der Waals surface area contributed by atoms with Gasteiger partial charge in [-0.15, -0.1) is 11.8 Å². The van der Waals surface area contributed by atoms with Crippen molar-refractivity contribution in [2.45, 2.75) is 36.8 Å². The van der Waals surface area contributed by atoms with Crippen molar-refractivity contribution in [3.05, 3.63) is 54.1 Å². The van der Waals surface area contributed by atoms with E-state index in [4.69, 9.17) is 9.47 Å². The average molecular weight is 374 g/mol. The van der Waals surface area contributed by atoms with Crippen LogP contribution in [0.15, 0.2) is 53.4 Å². The molecular weight excluding hydrogens is 346 g/mol. The van der Waals surface area contributed by atoms with Gasteiger partial charge in [-0.25, -0.2) is 0 Å². The predicted molar refractivity (Wildman–Crippen MR) is 107 cm³/mol. The van der Waals surface area contributed by atoms with Crippen molar-refractivity contribution in [1.82, 2.24) is 5.32 Å². The van der Waals surface area contributed by atoms with Gasteiger partial charge in [0, 0.05) is 4.90 Å². The second-order valence-electron chi connectivity index (χ2n) is 5.97. The molecule has 0 aliphatic rings. The molecule has 0 saturated heterocycles. The van der Waals surface area contributed by atoms with Gasteiger partial charge in [0.1, 0.15) is 18.1 Å². The van der Waals surface area contributed by atoms with Crippen molar-refractivity contribution < 1.29 is 14.3 Å². The third-order valence-electron chi connectivity index (χ3n) is 3.87. The smallest absolute Gasteiger partial charge is 0.233 e. The van der Waals surface area contributed by atoms with Gasteiger partial charge < -0.3 is 14.8 Å². The van der Waals surface area contributed by atoms with Crippen LogP contribution in [-0.2, 0) is 11.2 Å². The van der Waals surface area contributed by atoms with E-state index in [0.717, 1.165) is 29.2 Å². The molecule has 26 heavy (non-hydrogen) atoms. The van der Waals surface area contributed by atoms with Crippen molar-refractivity contribution in [2.75, 3.05) is 20.3 Å². The van der Waals surface area contributed by atoms with E-state index < -0.39 is 0 Å². The van der Waals surface area contributed by atoms with E-state index >= 15 is 0 Å². The van der Waals surface area contributed by atoms with E-state index in [0.29, 0.717) is 13.2 Å². The molecule has 1 atom stereocenters. The van der Waals surface area contributed by atoms with Gasteiger partial charge >= 0.3 is 0 Å². The first-order valence-corrected chi connectivity index (χ1v) is 9.80. The molecule has 0 heterocycles. The summed E-state index contributed by atoms with van der Waals surface area (Å²) in [6, 6.07) is 15.8. The van der Waals surface area contributed by atoms with Crippen LogP contribution >= 0.6 is 11.8 Å². The maximum Gasteiger partial charge on any atom is 0.233 e. The Balaban J connectivity index is 1.68. The number of amides is 1. The van der Waals surface area contributed by atoms with E-state index in [-0.39, 0.29) is 11.2 Å². The lowest BCUT2D eigenvalue weighted by Gasteiger charge is -2.13. The summed E-state index contributed by atoms with van der Waals surface area (Å²) in [4.78, 5) is 13.2. The zero-order valence-electron chi connectivity index (χ0n) is 15.7. The number of benzene rings is 2. The third-order valence-corrected chi connectivity index (χ3v) is 4.99. The molecule has 0 fully saturated rings. The quantitative estimate of drug-likeness (QED) is 0.498. The molecule has 0 unspecified atom stereocenters. The van der Waals surface area contributed by atoms with E-state index in [9.17, 15) is 4.79 Å². The molecule has 2 aromatic rings. The van der Waals surface area contributed by atoms with E-state index in [1.54, 1.807) is 7.11 Å². The summed E-state index contributed by atoms with van der Waals surface area (Å²) >= 11 is 1.52. The largest absolute Gasteiger partial charge is 0.497 e. The summed E-state index contributed by atoms with van der Waals surface area (Å²) in [5, 5.41) is 2.75. The van der Waals surface area contributed by atoms with E-state index in [2.05, 4.69) is 24.4 Å². The minimum Gasteiger partial charge on any atom is -0.497 e. The van der Waals surface area contributed by atoms with Crippen LogP contribution in [0.2, 0.25) is 0 Å². The summed E-state index contributed by atoms with van der Waals surface area (Å²) in [6.45, 7) is 5.01. The first kappa shape index (κ1) is 20.2. The molecule has 4 nitrogen and oxygen atoms in total. The lowest BCUT2D eigenvalue weighted by molar-refractivity contribution is -0.120. The summed E-state index contributed by atoms with van der Waals surface area (Å²) in [5.74, 6) is 1.65. The predicted octanol–water partition coefficient (Wildman–Crippen LogP) is 4.32. The summed E-state index contributed by atoms with van der Waals surface area (Å²) < 4.78 is 10.8. The second kappa shape index (κ2) is 10.8. The van der Waals surface area contributed by atoms with Gasteiger partial charge in [0.2, 0.25) is 5.91 Å². The SMILES string of the molecule is CCCc1ccc(OCCNC(=O)[C@H](C)Sc2ccc(OC)cc2)cc1. The molecule has 1 N–H and O–H groups in total. The highest BCUT2D eigenvalue weighted by molar-refractivity contribution is 8.00. The molecule has 0 aliphatic carbocycles. The van der Waals surface area contributed by atoms with Crippen molar-refractivity contribution >= 4 is 17.7 Å². The normalized spacial score (nSPS) is 11.7. The number of carbonyl (C=O) groups is 1. The maximum absolute atomic E-state index is 12.2. The molecule has 2 aromatic carbocycles. The average Bonchev–Trinajstić information content (AvgIpc) is 2.67. The van der Waals surface area contributed by atoms with Gasteiger partial charge in [-0.3, -0.25) is 4.79 Å². The number of ether oxygens (including phenoxy) is 2. The Labute approximate surface area is 160 Å². The molecule has 0 spiro atoms. The van der Waals surface area contributed by atoms with Gasteiger partial charge in [-0.05, 0) is 55.3 Å². The summed E-state index contributed by atoms with van der Waals surface area (Å²) in [7, 11) is 1.64. The molecule has 0 radical (unpaired) electrons. The number of hydrogen-bond donors (Lipinski definition) is 1. The van der Waals surface area contributed by atoms with Gasteiger partial charge in [0.15, 0.2) is 0 Å². The van der Waals surface area contributed by atoms with Gasteiger partial charge in [0.05, 0.1) is 18.9 Å². The molecule has 0 aliphatic heterocycles. The van der Waals surface area contributed by atoms with Crippen LogP contribution in [0.1, 0.15) is 25.8 Å². The maximum atomic E-state index is 12.2. The Morgan fingerprint density at radius 2 is 1.73 bits per heavy atom. The first-order chi connectivity index (χ1) is 12.6. The Kier molecular flexibility index (Phi) is 8.35. The topological polar surface area (TPSA) is 47.6 Å². The minimum absolute atomic E-state index is 0.00714. The zero-order chi connectivity index (χ0) is 18.8. The fourth-order valence-electron chi connectivity index (χ4n) is 2.44. The molecule has 1 amide bonds. The van der Waals surface area contributed by atoms with Crippen molar-refractivity contribution in [3.63, 3.8) is 0 Å². The number of methoxy groups -OCH3 is 1. The van der Waals surface area contributed by atoms with Crippen molar-refractivity contribution in [1.29, 1.82) is 0 Å². The highest BCUT2D eigenvalue weighted by Gasteiger charge is 2.13. The molecular formula is C21H27NO3S. The number of hydrogen-bond acceptors (Lipinski definition) is 4. The lowest BCUT2D eigenvalue weighted by atomic mass is 10.1. The summed E-state index contributed by atoms with van der Waals surface area (Å²) in [5.41, 5.74) is 1.32. The zero-order valence-corrected chi connectivity index (χ0v) is 16.5. The van der Waals surface area contributed by atoms with Crippen LogP contribution in [0, 0.1) is 0 Å². The van der Waals surface area contributed by atoms with Crippen molar-refractivity contribution in [3.8, 4) is 11.5 Å². The van der Waals surface area contributed by atoms with Crippen LogP contribution in [0.25, 0.3) is 0 Å². The fourth-order valence-corrected chi connectivity index (χ4v) is 3.33. The highest BCUT2D eigenvalue weighted by Crippen LogP contribution is 2.25. The van der Waals surface area contributed by atoms with Crippen LogP contribution in [-0.4, -0.2) is 31.4 Å². The van der Waals surface area contributed by atoms with E-state index in [1.807, 2.05) is 43.3 Å². The van der Waals surface area contributed by atoms with Crippen LogP contribution in [0.3, 0.4) is 0 Å². The van der Waals surface area contributed by atoms with Crippen LogP contribution in [0.4, 0.5) is 0 Å². The third kappa shape index (κ3) is 6.64. The lowest BCUT2D eigenvalue weighted by Crippen LogP contribution is -2.33. The number of carbonyl (C=O) groups excluding carboxylic acids is 1. The Morgan fingerprint density at radius 3 is 2.35 bits per heavy atom. The Morgan fingerprint density at radius 1 is 1.08 bits per heavy atom. The highest BCUT2D eigenvalue weighted by atomic mass is 32.2. The second-order valence-corrected chi connectivity index (χ2v) is 7.38. The number of nitrogens with one attached hydrogen (secondary N) is 1. The van der Waals surface area contributed by atoms with Gasteiger partial charge in [0.25, 0.3) is 0 Å². The molecule has 0 saturated carbocycles. The molecule has 2 rings (SSSR count). The molecule has 0 aromatic heterocycles. The summed E-state index contributed by atoms with van der Waals surface area (Å²) in [6.07, 6.45) is 2.22. The van der Waals surface area contributed by atoms with Crippen LogP contribution < -0.4 is 14.8 Å². The molecule has 5 heteroatoms. The van der Waals surface area contributed by atoms with E-state index in [1.165, 1.54) is 17.3 Å².